The second-order valence-electron chi connectivity index (χ2n) is 12.0. The van der Waals surface area contributed by atoms with Crippen molar-refractivity contribution in [3.05, 3.63) is 99.5 Å². The number of aryl methyl sites for hydroxylation is 1. The number of ether oxygens (including phenoxy) is 1. The van der Waals surface area contributed by atoms with E-state index < -0.39 is 0 Å². The van der Waals surface area contributed by atoms with Crippen molar-refractivity contribution < 1.29 is 9.53 Å². The van der Waals surface area contributed by atoms with E-state index in [2.05, 4.69) is 36.7 Å². The molecule has 0 bridgehead atoms. The molecule has 1 aromatic heterocycles. The van der Waals surface area contributed by atoms with E-state index in [9.17, 15) is 9.59 Å². The van der Waals surface area contributed by atoms with Gasteiger partial charge in [-0.25, -0.2) is 4.98 Å². The zero-order chi connectivity index (χ0) is 30.0. The zero-order valence-corrected chi connectivity index (χ0v) is 25.2. The highest BCUT2D eigenvalue weighted by molar-refractivity contribution is 6.05. The molecule has 0 spiro atoms. The summed E-state index contributed by atoms with van der Waals surface area (Å²) in [6, 6.07) is 19.8. The number of hydrogen-bond acceptors (Lipinski definition) is 6. The van der Waals surface area contributed by atoms with Gasteiger partial charge < -0.3 is 25.3 Å². The molecule has 8 nitrogen and oxygen atoms in total. The number of methoxy groups -OCH3 is 1. The number of amides is 1. The van der Waals surface area contributed by atoms with E-state index in [0.29, 0.717) is 28.7 Å². The van der Waals surface area contributed by atoms with Crippen LogP contribution in [0.3, 0.4) is 0 Å². The van der Waals surface area contributed by atoms with E-state index >= 15 is 0 Å². The van der Waals surface area contributed by atoms with Gasteiger partial charge in [0, 0.05) is 60.0 Å². The maximum absolute atomic E-state index is 13.1. The molecule has 0 atom stereocenters. The molecule has 1 fully saturated rings. The number of hydrogen-bond donors (Lipinski definition) is 3. The first kappa shape index (κ1) is 29.1. The number of aromatic nitrogens is 2. The summed E-state index contributed by atoms with van der Waals surface area (Å²) in [5.74, 6) is 0.762. The lowest BCUT2D eigenvalue weighted by atomic mass is 9.86. The molecule has 3 N–H and O–H groups in total. The molecule has 42 heavy (non-hydrogen) atoms. The molecule has 8 heteroatoms. The van der Waals surface area contributed by atoms with Gasteiger partial charge in [-0.05, 0) is 60.6 Å². The molecule has 0 unspecified atom stereocenters. The van der Waals surface area contributed by atoms with Crippen molar-refractivity contribution in [2.24, 2.45) is 7.05 Å². The van der Waals surface area contributed by atoms with E-state index in [1.54, 1.807) is 20.4 Å². The molecule has 1 saturated carbocycles. The summed E-state index contributed by atoms with van der Waals surface area (Å²) in [7, 11) is 3.35. The van der Waals surface area contributed by atoms with E-state index in [1.165, 1.54) is 23.0 Å². The summed E-state index contributed by atoms with van der Waals surface area (Å²) in [6.07, 6.45) is 4.14. The Kier molecular flexibility index (Phi) is 8.18. The third-order valence-electron chi connectivity index (χ3n) is 7.65. The maximum Gasteiger partial charge on any atom is 0.293 e. The number of nitrogens with one attached hydrogen (secondary N) is 3. The van der Waals surface area contributed by atoms with Gasteiger partial charge in [0.2, 0.25) is 0 Å². The SMILES string of the molecule is COc1cc(Nc2nc(-c3cccc(NC(=O)c4ccc(C(C)(C)C)cc4)c3C)cn(C)c2=O)ccc1CNC1CC1. The molecule has 5 rings (SSSR count). The molecule has 0 aliphatic heterocycles. The normalized spacial score (nSPS) is 13.1. The van der Waals surface area contributed by atoms with Gasteiger partial charge in [-0.3, -0.25) is 9.59 Å². The topological polar surface area (TPSA) is 97.3 Å². The van der Waals surface area contributed by atoms with Gasteiger partial charge in [0.05, 0.1) is 12.8 Å². The summed E-state index contributed by atoms with van der Waals surface area (Å²) >= 11 is 0. The molecular weight excluding hydrogens is 526 g/mol. The van der Waals surface area contributed by atoms with E-state index in [-0.39, 0.29) is 22.7 Å². The van der Waals surface area contributed by atoms with Crippen LogP contribution in [-0.4, -0.2) is 28.6 Å². The molecule has 1 aliphatic rings. The number of anilines is 3. The summed E-state index contributed by atoms with van der Waals surface area (Å²) in [5, 5.41) is 9.74. The zero-order valence-electron chi connectivity index (χ0n) is 25.2. The third-order valence-corrected chi connectivity index (χ3v) is 7.65. The van der Waals surface area contributed by atoms with Crippen molar-refractivity contribution in [2.45, 2.75) is 58.5 Å². The Bertz CT molecular complexity index is 1660. The number of carbonyl (C=O) groups excluding carboxylic acids is 1. The number of benzene rings is 3. The minimum Gasteiger partial charge on any atom is -0.496 e. The van der Waals surface area contributed by atoms with E-state index in [4.69, 9.17) is 9.72 Å². The Hall–Kier alpha value is -4.43. The van der Waals surface area contributed by atoms with Crippen molar-refractivity contribution in [1.82, 2.24) is 14.9 Å². The van der Waals surface area contributed by atoms with Crippen molar-refractivity contribution in [3.8, 4) is 17.0 Å². The van der Waals surface area contributed by atoms with Crippen LogP contribution in [0.25, 0.3) is 11.3 Å². The van der Waals surface area contributed by atoms with Crippen LogP contribution < -0.4 is 26.2 Å². The van der Waals surface area contributed by atoms with Crippen molar-refractivity contribution in [1.29, 1.82) is 0 Å². The summed E-state index contributed by atoms with van der Waals surface area (Å²) < 4.78 is 7.13. The summed E-state index contributed by atoms with van der Waals surface area (Å²) in [4.78, 5) is 30.8. The fourth-order valence-electron chi connectivity index (χ4n) is 4.83. The fraction of sp³-hybridized carbons (Fsp3) is 0.324. The lowest BCUT2D eigenvalue weighted by Gasteiger charge is -2.19. The largest absolute Gasteiger partial charge is 0.496 e. The molecule has 1 amide bonds. The molecular formula is C34H39N5O3. The smallest absolute Gasteiger partial charge is 0.293 e. The van der Waals surface area contributed by atoms with Gasteiger partial charge in [0.1, 0.15) is 5.75 Å². The van der Waals surface area contributed by atoms with Gasteiger partial charge in [-0.2, -0.15) is 0 Å². The van der Waals surface area contributed by atoms with Crippen LogP contribution in [0.15, 0.2) is 71.7 Å². The third kappa shape index (κ3) is 6.55. The Morgan fingerprint density at radius 3 is 2.48 bits per heavy atom. The fourth-order valence-corrected chi connectivity index (χ4v) is 4.83. The second-order valence-corrected chi connectivity index (χ2v) is 12.0. The quantitative estimate of drug-likeness (QED) is 0.220. The lowest BCUT2D eigenvalue weighted by Crippen LogP contribution is -2.21. The van der Waals surface area contributed by atoms with Gasteiger partial charge in [-0.1, -0.05) is 51.1 Å². The molecule has 0 radical (unpaired) electrons. The van der Waals surface area contributed by atoms with Gasteiger partial charge in [-0.15, -0.1) is 0 Å². The Labute approximate surface area is 247 Å². The lowest BCUT2D eigenvalue weighted by molar-refractivity contribution is 0.102. The highest BCUT2D eigenvalue weighted by Crippen LogP contribution is 2.30. The Morgan fingerprint density at radius 2 is 1.81 bits per heavy atom. The number of rotatable bonds is 9. The van der Waals surface area contributed by atoms with Crippen molar-refractivity contribution in [2.75, 3.05) is 17.7 Å². The van der Waals surface area contributed by atoms with Gasteiger partial charge in [0.25, 0.3) is 11.5 Å². The Morgan fingerprint density at radius 1 is 1.07 bits per heavy atom. The van der Waals surface area contributed by atoms with E-state index in [1.807, 2.05) is 67.6 Å². The van der Waals surface area contributed by atoms with Crippen molar-refractivity contribution in [3.63, 3.8) is 0 Å². The summed E-state index contributed by atoms with van der Waals surface area (Å²) in [6.45, 7) is 9.11. The molecule has 1 heterocycles. The second kappa shape index (κ2) is 11.8. The van der Waals surface area contributed by atoms with Crippen LogP contribution in [-0.2, 0) is 19.0 Å². The minimum absolute atomic E-state index is 0.0129. The molecule has 218 valence electrons. The van der Waals surface area contributed by atoms with Crippen LogP contribution in [0.4, 0.5) is 17.2 Å². The van der Waals surface area contributed by atoms with Gasteiger partial charge >= 0.3 is 0 Å². The van der Waals surface area contributed by atoms with E-state index in [0.717, 1.165) is 29.0 Å². The van der Waals surface area contributed by atoms with Crippen molar-refractivity contribution >= 4 is 23.1 Å². The minimum atomic E-state index is -0.252. The predicted octanol–water partition coefficient (Wildman–Crippen LogP) is 6.31. The average Bonchev–Trinajstić information content (AvgIpc) is 3.80. The summed E-state index contributed by atoms with van der Waals surface area (Å²) in [5.41, 5.74) is 6.24. The maximum atomic E-state index is 13.1. The first-order valence-corrected chi connectivity index (χ1v) is 14.3. The first-order valence-electron chi connectivity index (χ1n) is 14.3. The highest BCUT2D eigenvalue weighted by Gasteiger charge is 2.21. The predicted molar refractivity (Wildman–Crippen MR) is 169 cm³/mol. The average molecular weight is 566 g/mol. The number of nitrogens with zero attached hydrogens (tertiary/aromatic N) is 2. The molecule has 1 aliphatic carbocycles. The first-order chi connectivity index (χ1) is 20.0. The number of carbonyl (C=O) groups is 1. The standard InChI is InChI=1S/C34H39N5O3/c1-21-27(8-7-9-28(21)38-32(40)22-10-13-24(14-11-22)34(2,3)4)29-20-39(5)33(41)31(37-29)36-26-15-12-23(30(18-26)42-6)19-35-25-16-17-25/h7-15,18,20,25,35H,16-17,19H2,1-6H3,(H,36,37)(H,38,40). The van der Waals surface area contributed by atoms with Crippen LogP contribution in [0.5, 0.6) is 5.75 Å². The van der Waals surface area contributed by atoms with Gasteiger partial charge in [0.15, 0.2) is 5.82 Å². The highest BCUT2D eigenvalue weighted by atomic mass is 16.5. The molecule has 0 saturated heterocycles. The molecule has 4 aromatic rings. The van der Waals surface area contributed by atoms with Crippen LogP contribution in [0.1, 0.15) is 60.7 Å². The van der Waals surface area contributed by atoms with Crippen LogP contribution in [0, 0.1) is 6.92 Å². The van der Waals surface area contributed by atoms with Crippen LogP contribution in [0.2, 0.25) is 0 Å². The molecule has 3 aromatic carbocycles. The van der Waals surface area contributed by atoms with Crippen LogP contribution >= 0.6 is 0 Å². The Balaban J connectivity index is 1.38. The monoisotopic (exact) mass is 565 g/mol.